The maximum Gasteiger partial charge on any atom is 0.472 e. The van der Waals surface area contributed by atoms with Crippen LogP contribution in [0.3, 0.4) is 0 Å². The maximum absolute atomic E-state index is 12.7. The lowest BCUT2D eigenvalue weighted by Gasteiger charge is -2.20. The Bertz CT molecular complexity index is 861. The zero-order valence-corrected chi connectivity index (χ0v) is 38.5. The maximum atomic E-state index is 12.7. The lowest BCUT2D eigenvalue weighted by Crippen LogP contribution is -2.29. The van der Waals surface area contributed by atoms with Crippen molar-refractivity contribution in [2.24, 2.45) is 0 Å². The molecule has 0 bridgehead atoms. The van der Waals surface area contributed by atoms with Crippen LogP contribution in [0.1, 0.15) is 251 Å². The highest BCUT2D eigenvalue weighted by atomic mass is 31.2. The fourth-order valence-electron chi connectivity index (χ4n) is 7.30. The first-order chi connectivity index (χ1) is 27.8. The number of hydrogen-bond acceptors (Lipinski definition) is 8. The number of phosphoric acid groups is 1. The molecule has 0 aliphatic carbocycles. The molecule has 3 atom stereocenters. The molecule has 0 aromatic rings. The molecule has 0 saturated carbocycles. The van der Waals surface area contributed by atoms with Gasteiger partial charge in [0.2, 0.25) is 0 Å². The van der Waals surface area contributed by atoms with Gasteiger partial charge in [0.05, 0.1) is 26.4 Å². The van der Waals surface area contributed by atoms with Crippen LogP contribution in [0.2, 0.25) is 0 Å². The summed E-state index contributed by atoms with van der Waals surface area (Å²) in [5.41, 5.74) is 0. The van der Waals surface area contributed by atoms with Crippen molar-refractivity contribution in [3.8, 4) is 0 Å². The van der Waals surface area contributed by atoms with Crippen molar-refractivity contribution < 1.29 is 43.0 Å². The molecule has 0 aliphatic heterocycles. The minimum absolute atomic E-state index is 0.0585. The van der Waals surface area contributed by atoms with Crippen LogP contribution in [-0.2, 0) is 27.9 Å². The molecule has 0 aliphatic rings. The summed E-state index contributed by atoms with van der Waals surface area (Å²) in [5, 5.41) is 18.4. The number of hydrogen-bond donors (Lipinski definition) is 3. The number of phosphoric ester groups is 1. The Hall–Kier alpha value is -0.540. The van der Waals surface area contributed by atoms with Crippen molar-refractivity contribution in [1.82, 2.24) is 0 Å². The summed E-state index contributed by atoms with van der Waals surface area (Å²) in [4.78, 5) is 22.6. The van der Waals surface area contributed by atoms with Crippen molar-refractivity contribution in [1.29, 1.82) is 0 Å². The normalized spacial score (nSPS) is 13.8. The highest BCUT2D eigenvalue weighted by Gasteiger charge is 2.26. The number of carbonyl (C=O) groups excluding carboxylic acids is 1. The zero-order chi connectivity index (χ0) is 41.8. The third-order valence-corrected chi connectivity index (χ3v) is 12.0. The topological polar surface area (TPSA) is 132 Å². The highest BCUT2D eigenvalue weighted by molar-refractivity contribution is 7.47. The first kappa shape index (κ1) is 56.5. The van der Waals surface area contributed by atoms with Crippen LogP contribution in [-0.4, -0.2) is 66.3 Å². The fraction of sp³-hybridized carbons (Fsp3) is 0.979. The Morgan fingerprint density at radius 3 is 1.14 bits per heavy atom. The van der Waals surface area contributed by atoms with Gasteiger partial charge in [-0.05, 0) is 12.8 Å². The quantitative estimate of drug-likeness (QED) is 0.0311. The largest absolute Gasteiger partial charge is 0.472 e. The second-order valence-electron chi connectivity index (χ2n) is 16.9. The summed E-state index contributed by atoms with van der Waals surface area (Å²) in [6, 6.07) is 0. The molecule has 0 spiro atoms. The van der Waals surface area contributed by atoms with Gasteiger partial charge in [-0.15, -0.1) is 0 Å². The molecule has 0 fully saturated rings. The van der Waals surface area contributed by atoms with E-state index in [4.69, 9.17) is 23.6 Å². The van der Waals surface area contributed by atoms with Crippen LogP contribution >= 0.6 is 7.82 Å². The first-order valence-corrected chi connectivity index (χ1v) is 26.0. The van der Waals surface area contributed by atoms with E-state index in [-0.39, 0.29) is 25.6 Å². The van der Waals surface area contributed by atoms with Gasteiger partial charge in [-0.2, -0.15) is 0 Å². The van der Waals surface area contributed by atoms with Crippen LogP contribution in [0.5, 0.6) is 0 Å². The molecule has 1 unspecified atom stereocenters. The minimum atomic E-state index is -4.51. The van der Waals surface area contributed by atoms with Gasteiger partial charge in [0.25, 0.3) is 0 Å². The number of rotatable bonds is 48. The van der Waals surface area contributed by atoms with Gasteiger partial charge in [0.15, 0.2) is 0 Å². The van der Waals surface area contributed by atoms with Crippen molar-refractivity contribution in [2.75, 3.05) is 33.0 Å². The van der Waals surface area contributed by atoms with Crippen LogP contribution in [0, 0.1) is 0 Å². The van der Waals surface area contributed by atoms with Gasteiger partial charge >= 0.3 is 13.8 Å². The summed E-state index contributed by atoms with van der Waals surface area (Å²) >= 11 is 0. The van der Waals surface area contributed by atoms with Crippen LogP contribution in [0.15, 0.2) is 0 Å². The highest BCUT2D eigenvalue weighted by Crippen LogP contribution is 2.43. The first-order valence-electron chi connectivity index (χ1n) is 24.5. The Morgan fingerprint density at radius 2 is 0.789 bits per heavy atom. The average Bonchev–Trinajstić information content (AvgIpc) is 3.20. The summed E-state index contributed by atoms with van der Waals surface area (Å²) in [6.07, 6.45) is 44.9. The Balaban J connectivity index is 4.04. The molecule has 0 amide bonds. The van der Waals surface area contributed by atoms with E-state index in [0.717, 1.165) is 32.1 Å². The number of aliphatic hydroxyl groups is 2. The fourth-order valence-corrected chi connectivity index (χ4v) is 8.09. The molecular formula is C47H95O9P. The molecule has 342 valence electrons. The SMILES string of the molecule is CCCCCCCCCCCCCCCCCCCCCCC(=O)O[C@H](COCCCCCCCCCCCCCCCCCC)COP(=O)(O)OC[C@@H](O)CO. The van der Waals surface area contributed by atoms with Gasteiger partial charge in [0, 0.05) is 13.0 Å². The Kier molecular flexibility index (Phi) is 44.6. The number of ether oxygens (including phenoxy) is 2. The van der Waals surface area contributed by atoms with Gasteiger partial charge in [0.1, 0.15) is 12.2 Å². The monoisotopic (exact) mass is 835 g/mol. The van der Waals surface area contributed by atoms with Crippen LogP contribution in [0.25, 0.3) is 0 Å². The summed E-state index contributed by atoms with van der Waals surface area (Å²) in [7, 11) is -4.51. The molecular weight excluding hydrogens is 739 g/mol. The number of carbonyl (C=O) groups is 1. The molecule has 10 heteroatoms. The predicted molar refractivity (Wildman–Crippen MR) is 238 cm³/mol. The Morgan fingerprint density at radius 1 is 0.474 bits per heavy atom. The second-order valence-corrected chi connectivity index (χ2v) is 18.3. The number of esters is 1. The van der Waals surface area contributed by atoms with Crippen molar-refractivity contribution in [3.63, 3.8) is 0 Å². The molecule has 3 N–H and O–H groups in total. The van der Waals surface area contributed by atoms with E-state index in [2.05, 4.69) is 13.8 Å². The van der Waals surface area contributed by atoms with E-state index < -0.39 is 33.2 Å². The summed E-state index contributed by atoms with van der Waals surface area (Å²) in [6.45, 7) is 3.60. The van der Waals surface area contributed by atoms with Gasteiger partial charge < -0.3 is 24.6 Å². The van der Waals surface area contributed by atoms with E-state index >= 15 is 0 Å². The molecule has 9 nitrogen and oxygen atoms in total. The van der Waals surface area contributed by atoms with Crippen molar-refractivity contribution in [2.45, 2.75) is 264 Å². The van der Waals surface area contributed by atoms with E-state index in [1.807, 2.05) is 0 Å². The molecule has 0 aromatic carbocycles. The lowest BCUT2D eigenvalue weighted by atomic mass is 10.0. The van der Waals surface area contributed by atoms with Crippen LogP contribution < -0.4 is 0 Å². The zero-order valence-electron chi connectivity index (χ0n) is 37.6. The number of aliphatic hydroxyl groups excluding tert-OH is 2. The van der Waals surface area contributed by atoms with Crippen molar-refractivity contribution >= 4 is 13.8 Å². The third-order valence-electron chi connectivity index (χ3n) is 11.0. The summed E-state index contributed by atoms with van der Waals surface area (Å²) < 4.78 is 33.5. The van der Waals surface area contributed by atoms with Gasteiger partial charge in [-0.1, -0.05) is 232 Å². The molecule has 0 aromatic heterocycles. The molecule has 0 saturated heterocycles. The molecule has 0 heterocycles. The van der Waals surface area contributed by atoms with Crippen LogP contribution in [0.4, 0.5) is 0 Å². The van der Waals surface area contributed by atoms with Gasteiger partial charge in [-0.3, -0.25) is 13.8 Å². The van der Waals surface area contributed by atoms with Crippen molar-refractivity contribution in [3.05, 3.63) is 0 Å². The number of unbranched alkanes of at least 4 members (excludes halogenated alkanes) is 34. The van der Waals surface area contributed by atoms with Gasteiger partial charge in [-0.25, -0.2) is 4.57 Å². The van der Waals surface area contributed by atoms with E-state index in [0.29, 0.717) is 6.61 Å². The standard InChI is InChI=1S/C47H95O9P/c1-3-5-7-9-11-13-15-17-19-21-22-23-24-25-27-29-31-33-35-37-39-47(50)56-46(44-55-57(51,52)54-42-45(49)41-48)43-53-40-38-36-34-32-30-28-26-20-18-16-14-12-10-8-6-4-2/h45-46,48-49H,3-44H2,1-2H3,(H,51,52)/t45-,46+/m0/s1. The van der Waals surface area contributed by atoms with E-state index in [1.165, 1.54) is 199 Å². The lowest BCUT2D eigenvalue weighted by molar-refractivity contribution is -0.154. The summed E-state index contributed by atoms with van der Waals surface area (Å²) in [5.74, 6) is -0.374. The average molecular weight is 835 g/mol. The second kappa shape index (κ2) is 45.0. The molecule has 57 heavy (non-hydrogen) atoms. The smallest absolute Gasteiger partial charge is 0.457 e. The molecule has 0 radical (unpaired) electrons. The molecule has 0 rings (SSSR count). The van der Waals surface area contributed by atoms with E-state index in [9.17, 15) is 19.4 Å². The van der Waals surface area contributed by atoms with E-state index in [1.54, 1.807) is 0 Å². The third kappa shape index (κ3) is 44.8. The minimum Gasteiger partial charge on any atom is -0.457 e. The Labute approximate surface area is 352 Å². The predicted octanol–water partition coefficient (Wildman–Crippen LogP) is 13.9.